The van der Waals surface area contributed by atoms with Gasteiger partial charge in [0.15, 0.2) is 11.4 Å². The Labute approximate surface area is 243 Å². The van der Waals surface area contributed by atoms with Crippen LogP contribution in [0.1, 0.15) is 78.9 Å². The summed E-state index contributed by atoms with van der Waals surface area (Å²) >= 11 is 0. The van der Waals surface area contributed by atoms with Gasteiger partial charge in [-0.2, -0.15) is 0 Å². The summed E-state index contributed by atoms with van der Waals surface area (Å²) in [5.74, 6) is -5.00. The van der Waals surface area contributed by atoms with Crippen LogP contribution in [0.15, 0.2) is 34.2 Å². The van der Waals surface area contributed by atoms with Crippen molar-refractivity contribution < 1.29 is 52.4 Å². The predicted molar refractivity (Wildman–Crippen MR) is 143 cm³/mol. The van der Waals surface area contributed by atoms with Gasteiger partial charge in [0.2, 0.25) is 6.10 Å². The molecule has 228 valence electrons. The van der Waals surface area contributed by atoms with Crippen LogP contribution in [0.25, 0.3) is 0 Å². The molecule has 1 aliphatic heterocycles. The van der Waals surface area contributed by atoms with E-state index in [9.17, 15) is 29.1 Å². The van der Waals surface area contributed by atoms with Crippen molar-refractivity contribution in [1.82, 2.24) is 0 Å². The van der Waals surface area contributed by atoms with Crippen molar-refractivity contribution in [3.8, 4) is 0 Å². The number of rotatable bonds is 5. The van der Waals surface area contributed by atoms with Crippen molar-refractivity contribution in [3.05, 3.63) is 35.3 Å². The van der Waals surface area contributed by atoms with E-state index in [1.165, 1.54) is 19.5 Å². The molecule has 11 nitrogen and oxygen atoms in total. The van der Waals surface area contributed by atoms with Gasteiger partial charge in [-0.1, -0.05) is 33.3 Å². The van der Waals surface area contributed by atoms with E-state index >= 15 is 0 Å². The van der Waals surface area contributed by atoms with Gasteiger partial charge < -0.3 is 28.5 Å². The van der Waals surface area contributed by atoms with Gasteiger partial charge in [-0.25, -0.2) is 4.79 Å². The fourth-order valence-corrected chi connectivity index (χ4v) is 8.93. The Morgan fingerprint density at radius 3 is 2.36 bits per heavy atom. The van der Waals surface area contributed by atoms with E-state index in [-0.39, 0.29) is 12.8 Å². The second-order valence-corrected chi connectivity index (χ2v) is 13.2. The van der Waals surface area contributed by atoms with Crippen LogP contribution >= 0.6 is 0 Å². The SMILES string of the molecule is COC(=O)[C@@H](OC(C)=O)[C@H]1C(C)(C)[C@H](OC(C)=O)[C@]2(O)CC3=C4CC(=O)O[C@@H](c5ccoc5)[C@]4(C)CC[C@@H]3[C@@]1(C)C2=O. The van der Waals surface area contributed by atoms with Gasteiger partial charge in [-0.05, 0) is 30.4 Å². The van der Waals surface area contributed by atoms with Gasteiger partial charge in [0.25, 0.3) is 0 Å². The predicted octanol–water partition coefficient (Wildman–Crippen LogP) is 3.38. The molecule has 2 bridgehead atoms. The lowest BCUT2D eigenvalue weighted by molar-refractivity contribution is -0.248. The van der Waals surface area contributed by atoms with Crippen molar-refractivity contribution in [2.24, 2.45) is 28.1 Å². The van der Waals surface area contributed by atoms with Gasteiger partial charge in [-0.15, -0.1) is 0 Å². The van der Waals surface area contributed by atoms with Gasteiger partial charge in [0.05, 0.1) is 26.1 Å². The molecule has 2 heterocycles. The molecule has 1 saturated heterocycles. The molecular weight excluding hydrogens is 548 g/mol. The molecule has 2 saturated carbocycles. The zero-order valence-electron chi connectivity index (χ0n) is 25.0. The Morgan fingerprint density at radius 2 is 1.79 bits per heavy atom. The zero-order valence-corrected chi connectivity index (χ0v) is 25.0. The summed E-state index contributed by atoms with van der Waals surface area (Å²) < 4.78 is 27.5. The Morgan fingerprint density at radius 1 is 1.10 bits per heavy atom. The fourth-order valence-electron chi connectivity index (χ4n) is 8.93. The molecule has 42 heavy (non-hydrogen) atoms. The highest BCUT2D eigenvalue weighted by molar-refractivity contribution is 5.98. The van der Waals surface area contributed by atoms with E-state index in [2.05, 4.69) is 0 Å². The molecule has 1 N–H and O–H groups in total. The van der Waals surface area contributed by atoms with Crippen molar-refractivity contribution in [2.75, 3.05) is 7.11 Å². The molecule has 1 aromatic rings. The van der Waals surface area contributed by atoms with E-state index in [0.717, 1.165) is 19.6 Å². The summed E-state index contributed by atoms with van der Waals surface area (Å²) in [6.45, 7) is 9.39. The van der Waals surface area contributed by atoms with Gasteiger partial charge in [0, 0.05) is 48.0 Å². The number of carbonyl (C=O) groups is 5. The number of furan rings is 1. The lowest BCUT2D eigenvalue weighted by atomic mass is 9.39. The summed E-state index contributed by atoms with van der Waals surface area (Å²) in [5, 5.41) is 12.4. The summed E-state index contributed by atoms with van der Waals surface area (Å²) in [7, 11) is 1.16. The van der Waals surface area contributed by atoms with Crippen LogP contribution in [0.4, 0.5) is 0 Å². The van der Waals surface area contributed by atoms with Crippen molar-refractivity contribution in [2.45, 2.75) is 91.1 Å². The van der Waals surface area contributed by atoms with E-state index < -0.39 is 81.7 Å². The van der Waals surface area contributed by atoms with Crippen molar-refractivity contribution in [3.63, 3.8) is 0 Å². The van der Waals surface area contributed by atoms with Gasteiger partial charge in [-0.3, -0.25) is 19.2 Å². The topological polar surface area (TPSA) is 156 Å². The normalized spacial score (nSPS) is 37.5. The molecule has 0 unspecified atom stereocenters. The van der Waals surface area contributed by atoms with Crippen LogP contribution < -0.4 is 0 Å². The Bertz CT molecular complexity index is 1370. The van der Waals surface area contributed by atoms with Crippen LogP contribution in [0.5, 0.6) is 0 Å². The molecule has 3 fully saturated rings. The number of cyclic esters (lactones) is 1. The second-order valence-electron chi connectivity index (χ2n) is 13.2. The molecule has 3 aliphatic carbocycles. The van der Waals surface area contributed by atoms with E-state index in [4.69, 9.17) is 23.4 Å². The summed E-state index contributed by atoms with van der Waals surface area (Å²) in [6, 6.07) is 1.74. The number of fused-ring (bicyclic) bond motifs is 5. The standard InChI is InChI=1S/C31H38O11/c1-15(32)40-22(25(35)38-7)23-28(3,4)27(41-16(2)33)31(37)13-18-19(30(23,6)26(31)36)8-10-29(5)20(18)12-21(34)42-24(29)17-9-11-39-14-17/h9,11,14,19,22-24,27,37H,8,10,12-13H2,1-7H3/t19-,22-,23-,24-,27-,29+,30+,31-/m0/s1. The summed E-state index contributed by atoms with van der Waals surface area (Å²) in [4.78, 5) is 65.6. The second kappa shape index (κ2) is 9.79. The van der Waals surface area contributed by atoms with Crippen LogP contribution in [0.2, 0.25) is 0 Å². The van der Waals surface area contributed by atoms with E-state index in [1.807, 2.05) is 6.92 Å². The first-order valence-corrected chi connectivity index (χ1v) is 14.2. The molecule has 8 atom stereocenters. The van der Waals surface area contributed by atoms with E-state index in [1.54, 1.807) is 26.8 Å². The highest BCUT2D eigenvalue weighted by atomic mass is 16.6. The highest BCUT2D eigenvalue weighted by Crippen LogP contribution is 2.69. The quantitative estimate of drug-likeness (QED) is 0.307. The van der Waals surface area contributed by atoms with Crippen LogP contribution in [0.3, 0.4) is 0 Å². The molecule has 4 aliphatic rings. The van der Waals surface area contributed by atoms with E-state index in [0.29, 0.717) is 24.0 Å². The van der Waals surface area contributed by atoms with Crippen LogP contribution in [-0.4, -0.2) is 59.7 Å². The number of esters is 4. The lowest BCUT2D eigenvalue weighted by Crippen LogP contribution is -2.76. The number of Topliss-reactive ketones (excluding diaryl/α,β-unsaturated/α-hetero) is 1. The Balaban J connectivity index is 1.78. The number of hydrogen-bond acceptors (Lipinski definition) is 11. The Kier molecular flexibility index (Phi) is 6.99. The number of ether oxygens (including phenoxy) is 4. The third kappa shape index (κ3) is 4.06. The maximum absolute atomic E-state index is 14.6. The van der Waals surface area contributed by atoms with Crippen LogP contribution in [-0.2, 0) is 42.9 Å². The van der Waals surface area contributed by atoms with Crippen LogP contribution in [0, 0.1) is 28.1 Å². The Hall–Kier alpha value is -3.47. The fraction of sp³-hybridized carbons (Fsp3) is 0.645. The average molecular weight is 587 g/mol. The minimum atomic E-state index is -2.18. The highest BCUT2D eigenvalue weighted by Gasteiger charge is 2.76. The number of ketones is 1. The largest absolute Gasteiger partial charge is 0.472 e. The maximum Gasteiger partial charge on any atom is 0.347 e. The summed E-state index contributed by atoms with van der Waals surface area (Å²) in [5.41, 5.74) is -3.44. The number of methoxy groups -OCH3 is 1. The average Bonchev–Trinajstić information content (AvgIpc) is 3.43. The zero-order chi connectivity index (χ0) is 31.0. The monoisotopic (exact) mass is 586 g/mol. The first-order valence-electron chi connectivity index (χ1n) is 14.2. The number of hydrogen-bond donors (Lipinski definition) is 1. The number of aliphatic hydroxyl groups is 1. The molecule has 5 rings (SSSR count). The molecular formula is C31H38O11. The molecule has 11 heteroatoms. The lowest BCUT2D eigenvalue weighted by Gasteiger charge is -2.66. The summed E-state index contributed by atoms with van der Waals surface area (Å²) in [6.07, 6.45) is 0.222. The molecule has 0 radical (unpaired) electrons. The molecule has 1 aromatic heterocycles. The van der Waals surface area contributed by atoms with Crippen molar-refractivity contribution in [1.29, 1.82) is 0 Å². The van der Waals surface area contributed by atoms with Gasteiger partial charge in [0.1, 0.15) is 12.2 Å². The van der Waals surface area contributed by atoms with Crippen molar-refractivity contribution >= 4 is 29.7 Å². The first kappa shape index (κ1) is 30.0. The minimum absolute atomic E-state index is 0.0479. The first-order chi connectivity index (χ1) is 19.5. The smallest absolute Gasteiger partial charge is 0.347 e. The number of carbonyl (C=O) groups excluding carboxylic acids is 5. The maximum atomic E-state index is 14.6. The third-order valence-corrected chi connectivity index (χ3v) is 10.4. The third-order valence-electron chi connectivity index (χ3n) is 10.4. The molecule has 0 spiro atoms. The minimum Gasteiger partial charge on any atom is -0.472 e. The molecule has 0 aromatic carbocycles. The van der Waals surface area contributed by atoms with Gasteiger partial charge >= 0.3 is 23.9 Å². The molecule has 0 amide bonds.